The van der Waals surface area contributed by atoms with Gasteiger partial charge in [-0.2, -0.15) is 5.26 Å². The predicted molar refractivity (Wildman–Crippen MR) is 118 cm³/mol. The lowest BCUT2D eigenvalue weighted by atomic mass is 10.1. The molecule has 0 saturated heterocycles. The van der Waals surface area contributed by atoms with E-state index in [-0.39, 0.29) is 0 Å². The molecule has 0 radical (unpaired) electrons. The summed E-state index contributed by atoms with van der Waals surface area (Å²) in [5.41, 5.74) is 0.909. The van der Waals surface area contributed by atoms with Gasteiger partial charge in [-0.3, -0.25) is 0 Å². The smallest absolute Gasteiger partial charge is 0.181 e. The first-order valence-corrected chi connectivity index (χ1v) is 9.88. The Balaban J connectivity index is 1.58. The van der Waals surface area contributed by atoms with E-state index in [1.54, 1.807) is 24.3 Å². The van der Waals surface area contributed by atoms with Crippen LogP contribution in [0.2, 0.25) is 0 Å². The van der Waals surface area contributed by atoms with Crippen molar-refractivity contribution in [1.29, 1.82) is 5.26 Å². The molecular weight excluding hydrogens is 428 g/mol. The topological polar surface area (TPSA) is 28.7 Å². The van der Waals surface area contributed by atoms with Gasteiger partial charge < -0.3 is 4.57 Å². The maximum absolute atomic E-state index is 14.1. The molecule has 0 spiro atoms. The summed E-state index contributed by atoms with van der Waals surface area (Å²) in [5.74, 6) is -2.24. The molecule has 4 aromatic carbocycles. The average molecular weight is 440 g/mol. The van der Waals surface area contributed by atoms with Crippen molar-refractivity contribution in [3.8, 4) is 23.6 Å². The van der Waals surface area contributed by atoms with Crippen LogP contribution < -0.4 is 0 Å². The minimum Gasteiger partial charge on any atom is -0.309 e. The van der Waals surface area contributed by atoms with Crippen molar-refractivity contribution in [2.24, 2.45) is 0 Å². The Kier molecular flexibility index (Phi) is 4.84. The average Bonchev–Trinajstić information content (AvgIpc) is 3.18. The molecule has 6 heteroatoms. The van der Waals surface area contributed by atoms with Crippen LogP contribution in [0.25, 0.3) is 27.5 Å². The molecule has 1 aromatic heterocycles. The molecule has 2 nitrogen and oxygen atoms in total. The van der Waals surface area contributed by atoms with Crippen molar-refractivity contribution in [1.82, 2.24) is 4.57 Å². The second kappa shape index (κ2) is 7.85. The highest BCUT2D eigenvalue weighted by molar-refractivity contribution is 6.09. The number of rotatable bonds is 1. The molecule has 0 fully saturated rings. The Morgan fingerprint density at radius 2 is 1.06 bits per heavy atom. The normalized spacial score (nSPS) is 10.8. The molecule has 0 N–H and O–H groups in total. The highest BCUT2D eigenvalue weighted by Crippen LogP contribution is 2.31. The molecule has 1 heterocycles. The Bertz CT molecular complexity index is 1580. The molecule has 158 valence electrons. The van der Waals surface area contributed by atoms with Gasteiger partial charge in [0.1, 0.15) is 17.2 Å². The van der Waals surface area contributed by atoms with Crippen molar-refractivity contribution in [3.63, 3.8) is 0 Å². The van der Waals surface area contributed by atoms with Crippen molar-refractivity contribution >= 4 is 21.8 Å². The zero-order valence-electron chi connectivity index (χ0n) is 16.8. The Morgan fingerprint density at radius 1 is 0.576 bits per heavy atom. The molecule has 5 rings (SSSR count). The van der Waals surface area contributed by atoms with E-state index in [0.717, 1.165) is 33.6 Å². The molecule has 0 bridgehead atoms. The van der Waals surface area contributed by atoms with E-state index in [2.05, 4.69) is 16.4 Å². The standard InChI is InChI=1S/C27H12F4N2/c28-24-20(25(29)27(31)21(15-32)26(24)30)14-11-16-9-12-17(13-10-16)33-22-7-3-1-5-18(22)19-6-2-4-8-23(19)33/h1-10,12-13H. The third-order valence-corrected chi connectivity index (χ3v) is 5.41. The monoisotopic (exact) mass is 440 g/mol. The second-order valence-electron chi connectivity index (χ2n) is 7.28. The number of para-hydroxylation sites is 2. The van der Waals surface area contributed by atoms with Crippen LogP contribution in [0.15, 0.2) is 72.8 Å². The summed E-state index contributed by atoms with van der Waals surface area (Å²) >= 11 is 0. The third-order valence-electron chi connectivity index (χ3n) is 5.41. The minimum atomic E-state index is -1.76. The lowest BCUT2D eigenvalue weighted by Gasteiger charge is -2.07. The highest BCUT2D eigenvalue weighted by Gasteiger charge is 2.24. The van der Waals surface area contributed by atoms with Gasteiger partial charge in [0.2, 0.25) is 0 Å². The third kappa shape index (κ3) is 3.21. The van der Waals surface area contributed by atoms with Gasteiger partial charge in [0, 0.05) is 22.0 Å². The van der Waals surface area contributed by atoms with Crippen LogP contribution in [-0.2, 0) is 0 Å². The molecular formula is C27H12F4N2. The van der Waals surface area contributed by atoms with E-state index in [4.69, 9.17) is 5.26 Å². The zero-order chi connectivity index (χ0) is 23.1. The number of hydrogen-bond donors (Lipinski definition) is 0. The van der Waals surface area contributed by atoms with Gasteiger partial charge in [-0.15, -0.1) is 0 Å². The van der Waals surface area contributed by atoms with Crippen LogP contribution in [0.5, 0.6) is 0 Å². The highest BCUT2D eigenvalue weighted by atomic mass is 19.2. The first kappa shape index (κ1) is 20.4. The summed E-state index contributed by atoms with van der Waals surface area (Å²) < 4.78 is 57.9. The minimum absolute atomic E-state index is 0.392. The Morgan fingerprint density at radius 3 is 1.58 bits per heavy atom. The summed E-state index contributed by atoms with van der Waals surface area (Å²) in [7, 11) is 0. The summed E-state index contributed by atoms with van der Waals surface area (Å²) in [6, 6.07) is 24.0. The van der Waals surface area contributed by atoms with Crippen molar-refractivity contribution in [2.75, 3.05) is 0 Å². The van der Waals surface area contributed by atoms with Gasteiger partial charge >= 0.3 is 0 Å². The van der Waals surface area contributed by atoms with Crippen LogP contribution in [0.3, 0.4) is 0 Å². The fraction of sp³-hybridized carbons (Fsp3) is 0. The summed E-state index contributed by atoms with van der Waals surface area (Å²) in [6.07, 6.45) is 0. The van der Waals surface area contributed by atoms with Gasteiger partial charge in [-0.25, -0.2) is 17.6 Å². The number of fused-ring (bicyclic) bond motifs is 3. The number of nitriles is 1. The molecule has 5 aromatic rings. The zero-order valence-corrected chi connectivity index (χ0v) is 16.8. The van der Waals surface area contributed by atoms with E-state index in [1.807, 2.05) is 48.5 Å². The quantitative estimate of drug-likeness (QED) is 0.164. The number of nitrogens with zero attached hydrogens (tertiary/aromatic N) is 2. The first-order chi connectivity index (χ1) is 16.0. The fourth-order valence-electron chi connectivity index (χ4n) is 3.87. The molecule has 33 heavy (non-hydrogen) atoms. The number of aromatic nitrogens is 1. The van der Waals surface area contributed by atoms with E-state index in [1.165, 1.54) is 0 Å². The van der Waals surface area contributed by atoms with Crippen LogP contribution in [0.1, 0.15) is 16.7 Å². The van der Waals surface area contributed by atoms with E-state index < -0.39 is 34.4 Å². The first-order valence-electron chi connectivity index (χ1n) is 9.88. The van der Waals surface area contributed by atoms with Crippen molar-refractivity contribution < 1.29 is 17.6 Å². The molecule has 0 atom stereocenters. The summed E-state index contributed by atoms with van der Waals surface area (Å²) in [6.45, 7) is 0. The molecule has 0 aliphatic heterocycles. The predicted octanol–water partition coefficient (Wildman–Crippen LogP) is 6.61. The molecule has 0 unspecified atom stereocenters. The largest absolute Gasteiger partial charge is 0.309 e. The van der Waals surface area contributed by atoms with Crippen molar-refractivity contribution in [2.45, 2.75) is 0 Å². The fourth-order valence-corrected chi connectivity index (χ4v) is 3.87. The van der Waals surface area contributed by atoms with Gasteiger partial charge in [-0.05, 0) is 36.4 Å². The van der Waals surface area contributed by atoms with E-state index >= 15 is 0 Å². The van der Waals surface area contributed by atoms with Crippen LogP contribution in [0, 0.1) is 46.4 Å². The number of benzene rings is 4. The Hall–Kier alpha value is -4.55. The Labute approximate surface area is 185 Å². The van der Waals surface area contributed by atoms with Gasteiger partial charge in [-0.1, -0.05) is 48.2 Å². The van der Waals surface area contributed by atoms with Crippen LogP contribution >= 0.6 is 0 Å². The van der Waals surface area contributed by atoms with E-state index in [0.29, 0.717) is 5.56 Å². The lowest BCUT2D eigenvalue weighted by Crippen LogP contribution is -2.04. The lowest BCUT2D eigenvalue weighted by molar-refractivity contribution is 0.447. The van der Waals surface area contributed by atoms with Gasteiger partial charge in [0.25, 0.3) is 0 Å². The van der Waals surface area contributed by atoms with Crippen molar-refractivity contribution in [3.05, 3.63) is 113 Å². The maximum Gasteiger partial charge on any atom is 0.181 e. The van der Waals surface area contributed by atoms with Gasteiger partial charge in [0.15, 0.2) is 23.3 Å². The second-order valence-corrected chi connectivity index (χ2v) is 7.28. The molecule has 0 amide bonds. The molecule has 0 saturated carbocycles. The summed E-state index contributed by atoms with van der Waals surface area (Å²) in [4.78, 5) is 0. The summed E-state index contributed by atoms with van der Waals surface area (Å²) in [5, 5.41) is 10.9. The maximum atomic E-state index is 14.1. The van der Waals surface area contributed by atoms with Gasteiger partial charge in [0.05, 0.1) is 11.0 Å². The van der Waals surface area contributed by atoms with Crippen LogP contribution in [0.4, 0.5) is 17.6 Å². The number of halogens is 4. The molecule has 0 aliphatic rings. The molecule has 0 aliphatic carbocycles. The van der Waals surface area contributed by atoms with E-state index in [9.17, 15) is 17.6 Å². The number of hydrogen-bond acceptors (Lipinski definition) is 1. The SMILES string of the molecule is N#Cc1c(F)c(F)c(C#Cc2ccc(-n3c4ccccc4c4ccccc43)cc2)c(F)c1F. The van der Waals surface area contributed by atoms with Crippen LogP contribution in [-0.4, -0.2) is 4.57 Å².